The van der Waals surface area contributed by atoms with Crippen molar-refractivity contribution in [2.24, 2.45) is 0 Å². The van der Waals surface area contributed by atoms with E-state index >= 15 is 0 Å². The summed E-state index contributed by atoms with van der Waals surface area (Å²) in [5.74, 6) is 0. The molecule has 3 aromatic rings. The van der Waals surface area contributed by atoms with Crippen molar-refractivity contribution in [1.29, 1.82) is 0 Å². The second kappa shape index (κ2) is 7.57. The first-order chi connectivity index (χ1) is 7.45. The molecule has 0 nitrogen and oxygen atoms in total. The summed E-state index contributed by atoms with van der Waals surface area (Å²) in [5.41, 5.74) is 2.60. The standard InChI is InChI=1S/C15H11.2ClH.Cr/c1-2-6-12(7-3-1)14-10-4-8-13-9-5-11-15(13)14;;;/h1-11H;2*1H;/q-1;;;+3/p-2. The molecule has 0 spiro atoms. The van der Waals surface area contributed by atoms with Gasteiger partial charge in [-0.2, -0.15) is 12.1 Å². The Bertz CT molecular complexity index is 588. The Morgan fingerprint density at radius 1 is 0.722 bits per heavy atom. The van der Waals surface area contributed by atoms with E-state index in [0.29, 0.717) is 0 Å². The minimum absolute atomic E-state index is 0. The van der Waals surface area contributed by atoms with Crippen molar-refractivity contribution in [3.63, 3.8) is 0 Å². The van der Waals surface area contributed by atoms with Crippen LogP contribution in [-0.4, -0.2) is 0 Å². The first-order valence-electron chi connectivity index (χ1n) is 5.15. The Kier molecular flexibility index (Phi) is 7.21. The minimum Gasteiger partial charge on any atom is -1.00 e. The van der Waals surface area contributed by atoms with Crippen LogP contribution in [0.4, 0.5) is 0 Å². The van der Waals surface area contributed by atoms with Gasteiger partial charge in [0.15, 0.2) is 0 Å². The number of fused-ring (bicyclic) bond motifs is 1. The van der Waals surface area contributed by atoms with Gasteiger partial charge in [0.25, 0.3) is 0 Å². The van der Waals surface area contributed by atoms with Crippen LogP contribution in [0.2, 0.25) is 0 Å². The molecule has 0 amide bonds. The van der Waals surface area contributed by atoms with Gasteiger partial charge in [-0.3, -0.25) is 0 Å². The fourth-order valence-electron chi connectivity index (χ4n) is 2.03. The number of hydrogen-bond donors (Lipinski definition) is 0. The SMILES string of the molecule is [Cl-].[Cl-].[Cr+3].c1ccc(-c2cccc3[cH-]ccc23)cc1. The Balaban J connectivity index is 0.000000963. The molecule has 3 aromatic carbocycles. The molecular formula is C15H11Cl2Cr. The van der Waals surface area contributed by atoms with Crippen molar-refractivity contribution in [3.05, 3.63) is 66.7 Å². The topological polar surface area (TPSA) is 0 Å². The van der Waals surface area contributed by atoms with Crippen LogP contribution in [0.15, 0.2) is 66.7 Å². The third kappa shape index (κ3) is 3.13. The molecule has 91 valence electrons. The summed E-state index contributed by atoms with van der Waals surface area (Å²) >= 11 is 0. The van der Waals surface area contributed by atoms with Crippen molar-refractivity contribution in [1.82, 2.24) is 0 Å². The Hall–Kier alpha value is -0.838. The van der Waals surface area contributed by atoms with Gasteiger partial charge in [-0.15, -0.1) is 29.0 Å². The zero-order chi connectivity index (χ0) is 10.1. The van der Waals surface area contributed by atoms with Crippen molar-refractivity contribution in [2.45, 2.75) is 0 Å². The van der Waals surface area contributed by atoms with Crippen molar-refractivity contribution >= 4 is 10.8 Å². The first kappa shape index (κ1) is 17.2. The largest absolute Gasteiger partial charge is 3.00 e. The maximum Gasteiger partial charge on any atom is 3.00 e. The Morgan fingerprint density at radius 3 is 2.17 bits per heavy atom. The van der Waals surface area contributed by atoms with Crippen LogP contribution in [0.25, 0.3) is 21.9 Å². The molecule has 3 heteroatoms. The van der Waals surface area contributed by atoms with E-state index < -0.39 is 0 Å². The van der Waals surface area contributed by atoms with Crippen LogP contribution in [0.1, 0.15) is 0 Å². The summed E-state index contributed by atoms with van der Waals surface area (Å²) in [6, 6.07) is 23.4. The van der Waals surface area contributed by atoms with Crippen LogP contribution in [0.3, 0.4) is 0 Å². The van der Waals surface area contributed by atoms with E-state index in [2.05, 4.69) is 66.7 Å². The summed E-state index contributed by atoms with van der Waals surface area (Å²) in [5, 5.41) is 2.65. The molecule has 0 atom stereocenters. The molecular weight excluding hydrogens is 303 g/mol. The van der Waals surface area contributed by atoms with E-state index in [4.69, 9.17) is 0 Å². The van der Waals surface area contributed by atoms with E-state index in [0.717, 1.165) is 0 Å². The van der Waals surface area contributed by atoms with Gasteiger partial charge in [0.2, 0.25) is 0 Å². The summed E-state index contributed by atoms with van der Waals surface area (Å²) in [6.45, 7) is 0. The molecule has 0 saturated heterocycles. The first-order valence-corrected chi connectivity index (χ1v) is 5.15. The molecule has 0 saturated carbocycles. The average Bonchev–Trinajstić information content (AvgIpc) is 2.78. The van der Waals surface area contributed by atoms with Crippen LogP contribution in [0.5, 0.6) is 0 Å². The molecule has 0 N–H and O–H groups in total. The van der Waals surface area contributed by atoms with Gasteiger partial charge in [-0.25, -0.2) is 0 Å². The zero-order valence-corrected chi connectivity index (χ0v) is 12.3. The summed E-state index contributed by atoms with van der Waals surface area (Å²) in [7, 11) is 0. The smallest absolute Gasteiger partial charge is 1.00 e. The summed E-state index contributed by atoms with van der Waals surface area (Å²) in [6.07, 6.45) is 0. The zero-order valence-electron chi connectivity index (χ0n) is 9.52. The van der Waals surface area contributed by atoms with Crippen LogP contribution >= 0.6 is 0 Å². The number of benzene rings is 2. The van der Waals surface area contributed by atoms with Crippen molar-refractivity contribution in [3.8, 4) is 11.1 Å². The van der Waals surface area contributed by atoms with Crippen LogP contribution < -0.4 is 24.8 Å². The molecule has 0 aliphatic rings. The van der Waals surface area contributed by atoms with E-state index in [-0.39, 0.29) is 42.2 Å². The second-order valence-corrected chi connectivity index (χ2v) is 3.70. The molecule has 0 fully saturated rings. The van der Waals surface area contributed by atoms with Crippen LogP contribution in [-0.2, 0) is 17.4 Å². The van der Waals surface area contributed by atoms with E-state index in [1.807, 2.05) is 0 Å². The fourth-order valence-corrected chi connectivity index (χ4v) is 2.03. The molecule has 0 heterocycles. The summed E-state index contributed by atoms with van der Waals surface area (Å²) in [4.78, 5) is 0. The van der Waals surface area contributed by atoms with Gasteiger partial charge in [0.05, 0.1) is 0 Å². The van der Waals surface area contributed by atoms with E-state index in [1.165, 1.54) is 21.9 Å². The molecule has 0 aromatic heterocycles. The molecule has 3 rings (SSSR count). The predicted molar refractivity (Wildman–Crippen MR) is 65.0 cm³/mol. The predicted octanol–water partition coefficient (Wildman–Crippen LogP) is -1.77. The number of hydrogen-bond acceptors (Lipinski definition) is 0. The van der Waals surface area contributed by atoms with Gasteiger partial charge in [0.1, 0.15) is 0 Å². The molecule has 0 aliphatic carbocycles. The quantitative estimate of drug-likeness (QED) is 0.467. The normalized spacial score (nSPS) is 8.89. The van der Waals surface area contributed by atoms with Gasteiger partial charge >= 0.3 is 17.4 Å². The minimum atomic E-state index is 0. The Morgan fingerprint density at radius 2 is 1.44 bits per heavy atom. The van der Waals surface area contributed by atoms with Crippen molar-refractivity contribution < 1.29 is 42.2 Å². The van der Waals surface area contributed by atoms with Gasteiger partial charge < -0.3 is 24.8 Å². The maximum absolute atomic E-state index is 2.18. The summed E-state index contributed by atoms with van der Waals surface area (Å²) < 4.78 is 0. The molecule has 0 bridgehead atoms. The third-order valence-electron chi connectivity index (χ3n) is 2.76. The molecule has 0 unspecified atom stereocenters. The molecule has 18 heavy (non-hydrogen) atoms. The monoisotopic (exact) mass is 313 g/mol. The van der Waals surface area contributed by atoms with Gasteiger partial charge in [-0.05, 0) is 5.56 Å². The second-order valence-electron chi connectivity index (χ2n) is 3.70. The number of halogens is 2. The van der Waals surface area contributed by atoms with E-state index in [1.54, 1.807) is 0 Å². The maximum atomic E-state index is 2.18. The number of rotatable bonds is 1. The molecule has 1 radical (unpaired) electrons. The van der Waals surface area contributed by atoms with E-state index in [9.17, 15) is 0 Å². The van der Waals surface area contributed by atoms with Crippen molar-refractivity contribution in [2.75, 3.05) is 0 Å². The third-order valence-corrected chi connectivity index (χ3v) is 2.76. The van der Waals surface area contributed by atoms with Gasteiger partial charge in [-0.1, -0.05) is 42.0 Å². The average molecular weight is 314 g/mol. The Labute approximate surface area is 130 Å². The fraction of sp³-hybridized carbons (Fsp3) is 0. The van der Waals surface area contributed by atoms with Gasteiger partial charge in [0, 0.05) is 0 Å². The van der Waals surface area contributed by atoms with Crippen LogP contribution in [0, 0.1) is 0 Å². The molecule has 0 aliphatic heterocycles.